The molecule has 0 atom stereocenters. The predicted octanol–water partition coefficient (Wildman–Crippen LogP) is 4.50. The van der Waals surface area contributed by atoms with Crippen LogP contribution in [0.25, 0.3) is 0 Å². The van der Waals surface area contributed by atoms with E-state index in [1.54, 1.807) is 38.1 Å². The molecular weight excluding hydrogens is 468 g/mol. The number of hydrogen-bond donors (Lipinski definition) is 2. The number of carbonyl (C=O) groups is 4. The first kappa shape index (κ1) is 25.8. The van der Waals surface area contributed by atoms with E-state index in [0.717, 1.165) is 5.56 Å². The van der Waals surface area contributed by atoms with E-state index in [1.165, 1.54) is 18.9 Å². The lowest BCUT2D eigenvalue weighted by molar-refractivity contribution is -0.113. The zero-order valence-electron chi connectivity index (χ0n) is 19.9. The fourth-order valence-corrected chi connectivity index (χ4v) is 4.30. The van der Waals surface area contributed by atoms with Crippen molar-refractivity contribution >= 4 is 41.1 Å². The number of aromatic amines is 1. The van der Waals surface area contributed by atoms with Crippen LogP contribution < -0.4 is 5.32 Å². The van der Waals surface area contributed by atoms with E-state index in [4.69, 9.17) is 9.47 Å². The molecule has 182 valence electrons. The van der Waals surface area contributed by atoms with Gasteiger partial charge in [-0.2, -0.15) is 0 Å². The monoisotopic (exact) mass is 494 g/mol. The molecule has 0 saturated carbocycles. The lowest BCUT2D eigenvalue weighted by atomic mass is 10.1. The van der Waals surface area contributed by atoms with Gasteiger partial charge < -0.3 is 19.8 Å². The van der Waals surface area contributed by atoms with E-state index in [2.05, 4.69) is 10.3 Å². The summed E-state index contributed by atoms with van der Waals surface area (Å²) in [7, 11) is 1.26. The molecule has 0 saturated heterocycles. The van der Waals surface area contributed by atoms with Crippen molar-refractivity contribution in [2.75, 3.05) is 24.8 Å². The van der Waals surface area contributed by atoms with Gasteiger partial charge in [0.25, 0.3) is 0 Å². The second-order valence-electron chi connectivity index (χ2n) is 7.81. The van der Waals surface area contributed by atoms with Crippen molar-refractivity contribution < 1.29 is 28.7 Å². The van der Waals surface area contributed by atoms with Gasteiger partial charge in [-0.3, -0.25) is 9.59 Å². The number of benzene rings is 2. The highest BCUT2D eigenvalue weighted by Crippen LogP contribution is 2.24. The smallest absolute Gasteiger partial charge is 0.339 e. The van der Waals surface area contributed by atoms with Crippen LogP contribution >= 0.6 is 11.8 Å². The van der Waals surface area contributed by atoms with Gasteiger partial charge in [0.15, 0.2) is 6.61 Å². The number of ketones is 1. The van der Waals surface area contributed by atoms with E-state index in [1.807, 2.05) is 31.2 Å². The Kier molecular flexibility index (Phi) is 8.48. The predicted molar refractivity (Wildman–Crippen MR) is 133 cm³/mol. The van der Waals surface area contributed by atoms with Crippen molar-refractivity contribution in [3.63, 3.8) is 0 Å². The normalized spacial score (nSPS) is 10.5. The number of esters is 2. The minimum absolute atomic E-state index is 0.0916. The molecule has 2 N–H and O–H groups in total. The third kappa shape index (κ3) is 6.39. The summed E-state index contributed by atoms with van der Waals surface area (Å²) in [5.41, 5.74) is 3.44. The maximum absolute atomic E-state index is 12.7. The molecule has 1 aromatic heterocycles. The van der Waals surface area contributed by atoms with Gasteiger partial charge in [0.1, 0.15) is 0 Å². The minimum Gasteiger partial charge on any atom is -0.465 e. The number of aromatic nitrogens is 1. The Balaban J connectivity index is 1.61. The summed E-state index contributed by atoms with van der Waals surface area (Å²) in [5.74, 6) is -1.83. The Hall–Kier alpha value is -3.85. The van der Waals surface area contributed by atoms with Gasteiger partial charge in [0, 0.05) is 16.3 Å². The Labute approximate surface area is 207 Å². The van der Waals surface area contributed by atoms with Crippen LogP contribution in [0.1, 0.15) is 48.0 Å². The Bertz CT molecular complexity index is 1260. The van der Waals surface area contributed by atoms with Crippen LogP contribution in [0.3, 0.4) is 0 Å². The molecule has 0 unspecified atom stereocenters. The van der Waals surface area contributed by atoms with Crippen LogP contribution in [0.15, 0.2) is 53.4 Å². The number of aryl methyl sites for hydroxylation is 2. The van der Waals surface area contributed by atoms with Crippen LogP contribution in [0.5, 0.6) is 0 Å². The number of H-pyrrole nitrogens is 1. The highest BCUT2D eigenvalue weighted by atomic mass is 32.2. The number of nitrogens with one attached hydrogen (secondary N) is 2. The molecule has 0 aliphatic heterocycles. The molecule has 3 aromatic rings. The van der Waals surface area contributed by atoms with Gasteiger partial charge in [0.05, 0.1) is 29.7 Å². The lowest BCUT2D eigenvalue weighted by Crippen LogP contribution is -2.17. The second kappa shape index (κ2) is 11.5. The summed E-state index contributed by atoms with van der Waals surface area (Å²) < 4.78 is 10.0. The Morgan fingerprint density at radius 2 is 1.63 bits per heavy atom. The summed E-state index contributed by atoms with van der Waals surface area (Å²) in [6.07, 6.45) is 0. The quantitative estimate of drug-likeness (QED) is 0.256. The Morgan fingerprint density at radius 3 is 2.31 bits per heavy atom. The van der Waals surface area contributed by atoms with Crippen molar-refractivity contribution in [3.05, 3.63) is 82.2 Å². The maximum Gasteiger partial charge on any atom is 0.339 e. The zero-order valence-corrected chi connectivity index (χ0v) is 20.7. The molecule has 35 heavy (non-hydrogen) atoms. The van der Waals surface area contributed by atoms with Crippen LogP contribution in [-0.4, -0.2) is 48.1 Å². The average Bonchev–Trinajstić information content (AvgIpc) is 3.15. The van der Waals surface area contributed by atoms with E-state index < -0.39 is 24.3 Å². The summed E-state index contributed by atoms with van der Waals surface area (Å²) in [5, 5.41) is 2.81. The number of Topliss-reactive ketones (excluding diaryl/α,β-unsaturated/α-hetero) is 1. The first-order valence-corrected chi connectivity index (χ1v) is 11.8. The molecule has 3 rings (SSSR count). The van der Waals surface area contributed by atoms with Gasteiger partial charge >= 0.3 is 11.9 Å². The number of rotatable bonds is 9. The molecule has 8 nitrogen and oxygen atoms in total. The molecule has 9 heteroatoms. The van der Waals surface area contributed by atoms with Crippen LogP contribution in [0.4, 0.5) is 5.69 Å². The molecule has 0 bridgehead atoms. The van der Waals surface area contributed by atoms with Crippen LogP contribution in [0.2, 0.25) is 0 Å². The maximum atomic E-state index is 12.7. The zero-order chi connectivity index (χ0) is 25.5. The molecule has 0 aliphatic carbocycles. The number of hydrogen-bond acceptors (Lipinski definition) is 7. The SMILES string of the molecule is COC(=O)c1c(C)[nH]c(C(=O)COC(=O)c2ccccc2SCC(=O)Nc2ccc(C)cc2)c1C. The fourth-order valence-electron chi connectivity index (χ4n) is 3.46. The summed E-state index contributed by atoms with van der Waals surface area (Å²) in [4.78, 5) is 53.0. The van der Waals surface area contributed by atoms with Gasteiger partial charge in [-0.05, 0) is 50.6 Å². The van der Waals surface area contributed by atoms with E-state index in [-0.39, 0.29) is 28.5 Å². The molecule has 0 aliphatic rings. The topological polar surface area (TPSA) is 115 Å². The van der Waals surface area contributed by atoms with Crippen molar-refractivity contribution in [2.45, 2.75) is 25.7 Å². The van der Waals surface area contributed by atoms with Crippen molar-refractivity contribution in [1.29, 1.82) is 0 Å². The van der Waals surface area contributed by atoms with Crippen molar-refractivity contribution in [3.8, 4) is 0 Å². The van der Waals surface area contributed by atoms with Gasteiger partial charge in [-0.15, -0.1) is 11.8 Å². The van der Waals surface area contributed by atoms with Gasteiger partial charge in [-0.25, -0.2) is 9.59 Å². The summed E-state index contributed by atoms with van der Waals surface area (Å²) >= 11 is 1.19. The van der Waals surface area contributed by atoms with E-state index in [0.29, 0.717) is 21.8 Å². The number of carbonyl (C=O) groups excluding carboxylic acids is 4. The number of methoxy groups -OCH3 is 1. The molecular formula is C26H26N2O6S. The first-order valence-electron chi connectivity index (χ1n) is 10.8. The molecule has 1 heterocycles. The van der Waals surface area contributed by atoms with Crippen molar-refractivity contribution in [1.82, 2.24) is 4.98 Å². The molecule has 0 spiro atoms. The number of ether oxygens (including phenoxy) is 2. The lowest BCUT2D eigenvalue weighted by Gasteiger charge is -2.10. The average molecular weight is 495 g/mol. The largest absolute Gasteiger partial charge is 0.465 e. The molecule has 0 radical (unpaired) electrons. The van der Waals surface area contributed by atoms with Crippen LogP contribution in [0, 0.1) is 20.8 Å². The number of thioether (sulfide) groups is 1. The van der Waals surface area contributed by atoms with E-state index >= 15 is 0 Å². The first-order chi connectivity index (χ1) is 16.7. The molecule has 0 fully saturated rings. The number of anilines is 1. The molecule has 2 aromatic carbocycles. The van der Waals surface area contributed by atoms with Crippen molar-refractivity contribution in [2.24, 2.45) is 0 Å². The highest BCUT2D eigenvalue weighted by molar-refractivity contribution is 8.00. The highest BCUT2D eigenvalue weighted by Gasteiger charge is 2.24. The van der Waals surface area contributed by atoms with Gasteiger partial charge in [-0.1, -0.05) is 29.8 Å². The third-order valence-electron chi connectivity index (χ3n) is 5.24. The third-order valence-corrected chi connectivity index (χ3v) is 6.31. The second-order valence-corrected chi connectivity index (χ2v) is 8.83. The molecule has 1 amide bonds. The standard InChI is InChI=1S/C26H26N2O6S/c1-15-9-11-18(12-10-15)28-22(30)14-35-21-8-6-5-7-19(21)25(31)34-13-20(29)24-16(2)23(17(3)27-24)26(32)33-4/h5-12,27H,13-14H2,1-4H3,(H,28,30). The minimum atomic E-state index is -0.686. The van der Waals surface area contributed by atoms with Crippen LogP contribution in [-0.2, 0) is 14.3 Å². The fraction of sp³-hybridized carbons (Fsp3) is 0.231. The van der Waals surface area contributed by atoms with E-state index in [9.17, 15) is 19.2 Å². The Morgan fingerprint density at radius 1 is 0.943 bits per heavy atom. The summed E-state index contributed by atoms with van der Waals surface area (Å²) in [6.45, 7) is 4.74. The summed E-state index contributed by atoms with van der Waals surface area (Å²) in [6, 6.07) is 14.2. The van der Waals surface area contributed by atoms with Gasteiger partial charge in [0.2, 0.25) is 11.7 Å². The number of amides is 1.